The maximum atomic E-state index is 13.8. The molecule has 2 aromatic carbocycles. The highest BCUT2D eigenvalue weighted by atomic mass is 79.9. The fourth-order valence-corrected chi connectivity index (χ4v) is 2.26. The minimum Gasteiger partial charge on any atom is -0.423 e. The number of halogens is 2. The predicted octanol–water partition coefficient (Wildman–Crippen LogP) is 4.25. The molecule has 106 valence electrons. The number of aromatic nitrogens is 2. The van der Waals surface area contributed by atoms with Crippen LogP contribution in [0, 0.1) is 5.82 Å². The number of nitrogens with zero attached hydrogens (tertiary/aromatic N) is 2. The number of nitrogens with one attached hydrogen (secondary N) is 1. The van der Waals surface area contributed by atoms with Crippen LogP contribution in [0.2, 0.25) is 0 Å². The van der Waals surface area contributed by atoms with Crippen LogP contribution in [-0.4, -0.2) is 10.2 Å². The molecule has 3 aromatic rings. The Balaban J connectivity index is 1.75. The summed E-state index contributed by atoms with van der Waals surface area (Å²) in [5, 5.41) is 10.7. The lowest BCUT2D eigenvalue weighted by atomic mass is 10.1. The van der Waals surface area contributed by atoms with Crippen LogP contribution in [0.25, 0.3) is 11.5 Å². The van der Waals surface area contributed by atoms with Crippen LogP contribution >= 0.6 is 15.9 Å². The van der Waals surface area contributed by atoms with E-state index in [9.17, 15) is 4.39 Å². The maximum Gasteiger partial charge on any atom is 0.247 e. The molecule has 0 fully saturated rings. The van der Waals surface area contributed by atoms with Gasteiger partial charge < -0.3 is 9.73 Å². The standard InChI is InChI=1S/C15H11BrFN3O/c16-12-5-4-11(14(17)7-12)8-18-13-3-1-2-10(6-13)15-20-19-9-21-15/h1-7,9,18H,8H2. The second-order valence-corrected chi connectivity index (χ2v) is 5.33. The molecule has 1 heterocycles. The third-order valence-electron chi connectivity index (χ3n) is 2.97. The van der Waals surface area contributed by atoms with E-state index in [0.717, 1.165) is 15.7 Å². The van der Waals surface area contributed by atoms with Crippen LogP contribution in [0.4, 0.5) is 10.1 Å². The van der Waals surface area contributed by atoms with E-state index in [2.05, 4.69) is 31.4 Å². The van der Waals surface area contributed by atoms with E-state index >= 15 is 0 Å². The third-order valence-corrected chi connectivity index (χ3v) is 3.46. The monoisotopic (exact) mass is 347 g/mol. The van der Waals surface area contributed by atoms with E-state index in [0.29, 0.717) is 18.0 Å². The summed E-state index contributed by atoms with van der Waals surface area (Å²) in [6.45, 7) is 0.395. The van der Waals surface area contributed by atoms with Gasteiger partial charge in [0.05, 0.1) is 0 Å². The van der Waals surface area contributed by atoms with E-state index < -0.39 is 0 Å². The zero-order chi connectivity index (χ0) is 14.7. The molecule has 6 heteroatoms. The summed E-state index contributed by atoms with van der Waals surface area (Å²) in [7, 11) is 0. The van der Waals surface area contributed by atoms with Crippen molar-refractivity contribution in [3.8, 4) is 11.5 Å². The highest BCUT2D eigenvalue weighted by Gasteiger charge is 2.06. The van der Waals surface area contributed by atoms with Gasteiger partial charge in [-0.3, -0.25) is 0 Å². The second-order valence-electron chi connectivity index (χ2n) is 4.41. The Hall–Kier alpha value is -2.21. The SMILES string of the molecule is Fc1cc(Br)ccc1CNc1cccc(-c2nnco2)c1. The Kier molecular flexibility index (Phi) is 3.96. The lowest BCUT2D eigenvalue weighted by molar-refractivity contribution is 0.568. The molecule has 0 saturated heterocycles. The predicted molar refractivity (Wildman–Crippen MR) is 81.2 cm³/mol. The second kappa shape index (κ2) is 6.05. The van der Waals surface area contributed by atoms with Crippen molar-refractivity contribution in [1.82, 2.24) is 10.2 Å². The molecule has 0 radical (unpaired) electrons. The minimum atomic E-state index is -0.245. The Labute approximate surface area is 129 Å². The highest BCUT2D eigenvalue weighted by Crippen LogP contribution is 2.21. The summed E-state index contributed by atoms with van der Waals surface area (Å²) < 4.78 is 19.6. The quantitative estimate of drug-likeness (QED) is 0.766. The number of anilines is 1. The first kappa shape index (κ1) is 13.8. The largest absolute Gasteiger partial charge is 0.423 e. The Morgan fingerprint density at radius 2 is 2.10 bits per heavy atom. The number of rotatable bonds is 4. The van der Waals surface area contributed by atoms with Gasteiger partial charge in [-0.25, -0.2) is 4.39 Å². The van der Waals surface area contributed by atoms with Crippen molar-refractivity contribution in [2.75, 3.05) is 5.32 Å². The maximum absolute atomic E-state index is 13.8. The lowest BCUT2D eigenvalue weighted by Gasteiger charge is -2.08. The molecule has 3 rings (SSSR count). The first-order chi connectivity index (χ1) is 10.2. The van der Waals surface area contributed by atoms with Crippen molar-refractivity contribution >= 4 is 21.6 Å². The average molecular weight is 348 g/mol. The molecule has 0 bridgehead atoms. The molecule has 0 unspecified atom stereocenters. The Morgan fingerprint density at radius 3 is 2.86 bits per heavy atom. The average Bonchev–Trinajstić information content (AvgIpc) is 3.01. The fraction of sp³-hybridized carbons (Fsp3) is 0.0667. The molecule has 0 aliphatic carbocycles. The summed E-state index contributed by atoms with van der Waals surface area (Å²) in [6, 6.07) is 12.5. The van der Waals surface area contributed by atoms with Gasteiger partial charge in [-0.2, -0.15) is 0 Å². The van der Waals surface area contributed by atoms with Gasteiger partial charge in [-0.1, -0.05) is 28.1 Å². The van der Waals surface area contributed by atoms with Crippen molar-refractivity contribution in [3.63, 3.8) is 0 Å². The number of benzene rings is 2. The van der Waals surface area contributed by atoms with E-state index in [1.807, 2.05) is 30.3 Å². The molecule has 0 spiro atoms. The van der Waals surface area contributed by atoms with Gasteiger partial charge in [-0.15, -0.1) is 10.2 Å². The minimum absolute atomic E-state index is 0.245. The summed E-state index contributed by atoms with van der Waals surface area (Å²) >= 11 is 3.24. The zero-order valence-electron chi connectivity index (χ0n) is 10.9. The van der Waals surface area contributed by atoms with Crippen molar-refractivity contribution < 1.29 is 8.81 Å². The molecule has 4 nitrogen and oxygen atoms in total. The zero-order valence-corrected chi connectivity index (χ0v) is 12.5. The first-order valence-corrected chi connectivity index (χ1v) is 7.06. The van der Waals surface area contributed by atoms with Crippen LogP contribution in [0.3, 0.4) is 0 Å². The number of hydrogen-bond donors (Lipinski definition) is 1. The van der Waals surface area contributed by atoms with E-state index in [4.69, 9.17) is 4.42 Å². The molecular weight excluding hydrogens is 337 g/mol. The van der Waals surface area contributed by atoms with Gasteiger partial charge in [0.2, 0.25) is 12.3 Å². The van der Waals surface area contributed by atoms with Gasteiger partial charge in [0.25, 0.3) is 0 Å². The molecular formula is C15H11BrFN3O. The smallest absolute Gasteiger partial charge is 0.247 e. The summed E-state index contributed by atoms with van der Waals surface area (Å²) in [5.74, 6) is 0.207. The van der Waals surface area contributed by atoms with Crippen LogP contribution < -0.4 is 5.32 Å². The molecule has 0 aliphatic heterocycles. The van der Waals surface area contributed by atoms with E-state index in [1.165, 1.54) is 12.5 Å². The van der Waals surface area contributed by atoms with Crippen LogP contribution in [0.15, 0.2) is 57.7 Å². The van der Waals surface area contributed by atoms with Crippen LogP contribution in [-0.2, 0) is 6.54 Å². The third kappa shape index (κ3) is 3.28. The van der Waals surface area contributed by atoms with Crippen molar-refractivity contribution in [2.24, 2.45) is 0 Å². The highest BCUT2D eigenvalue weighted by molar-refractivity contribution is 9.10. The van der Waals surface area contributed by atoms with Crippen molar-refractivity contribution in [1.29, 1.82) is 0 Å². The topological polar surface area (TPSA) is 51.0 Å². The molecule has 0 saturated carbocycles. The molecule has 1 aromatic heterocycles. The van der Waals surface area contributed by atoms with Crippen molar-refractivity contribution in [3.05, 3.63) is 64.7 Å². The van der Waals surface area contributed by atoms with Gasteiger partial charge in [0.15, 0.2) is 0 Å². The first-order valence-electron chi connectivity index (χ1n) is 6.27. The van der Waals surface area contributed by atoms with E-state index in [1.54, 1.807) is 6.07 Å². The van der Waals surface area contributed by atoms with Gasteiger partial charge in [0, 0.05) is 27.8 Å². The van der Waals surface area contributed by atoms with E-state index in [-0.39, 0.29) is 5.82 Å². The van der Waals surface area contributed by atoms with Crippen molar-refractivity contribution in [2.45, 2.75) is 6.54 Å². The van der Waals surface area contributed by atoms with Gasteiger partial charge >= 0.3 is 0 Å². The molecule has 0 aliphatic rings. The van der Waals surface area contributed by atoms with Gasteiger partial charge in [0.1, 0.15) is 5.82 Å². The summed E-state index contributed by atoms with van der Waals surface area (Å²) in [5.41, 5.74) is 2.27. The Morgan fingerprint density at radius 1 is 1.19 bits per heavy atom. The number of hydrogen-bond acceptors (Lipinski definition) is 4. The molecule has 0 atom stereocenters. The van der Waals surface area contributed by atoms with Gasteiger partial charge in [-0.05, 0) is 30.3 Å². The fourth-order valence-electron chi connectivity index (χ4n) is 1.92. The summed E-state index contributed by atoms with van der Waals surface area (Å²) in [6.07, 6.45) is 1.28. The normalized spacial score (nSPS) is 10.6. The molecule has 21 heavy (non-hydrogen) atoms. The lowest BCUT2D eigenvalue weighted by Crippen LogP contribution is -2.01. The molecule has 0 amide bonds. The van der Waals surface area contributed by atoms with Crippen LogP contribution in [0.5, 0.6) is 0 Å². The van der Waals surface area contributed by atoms with Crippen LogP contribution in [0.1, 0.15) is 5.56 Å². The Bertz CT molecular complexity index is 746. The molecule has 1 N–H and O–H groups in total. The summed E-state index contributed by atoms with van der Waals surface area (Å²) in [4.78, 5) is 0.